The number of carbonyl (C=O) groups excluding carboxylic acids is 1. The number of aryl methyl sites for hydroxylation is 1. The Hall–Kier alpha value is -2.67. The highest BCUT2D eigenvalue weighted by Crippen LogP contribution is 2.30. The molecular formula is C19H16F3N3O. The fourth-order valence-corrected chi connectivity index (χ4v) is 3.29. The molecule has 0 amide bonds. The first-order chi connectivity index (χ1) is 12.5. The van der Waals surface area contributed by atoms with Crippen molar-refractivity contribution in [3.63, 3.8) is 0 Å². The fourth-order valence-electron chi connectivity index (χ4n) is 3.29. The molecule has 1 aromatic carbocycles. The maximum absolute atomic E-state index is 14.3. The molecule has 4 rings (SSSR count). The van der Waals surface area contributed by atoms with Crippen molar-refractivity contribution in [2.24, 2.45) is 0 Å². The Morgan fingerprint density at radius 2 is 1.96 bits per heavy atom. The van der Waals surface area contributed by atoms with Crippen molar-refractivity contribution < 1.29 is 18.0 Å². The van der Waals surface area contributed by atoms with Crippen LogP contribution in [0.5, 0.6) is 0 Å². The summed E-state index contributed by atoms with van der Waals surface area (Å²) < 4.78 is 42.4. The zero-order valence-corrected chi connectivity index (χ0v) is 14.0. The van der Waals surface area contributed by atoms with Gasteiger partial charge in [-0.1, -0.05) is 6.07 Å². The Balaban J connectivity index is 1.81. The van der Waals surface area contributed by atoms with E-state index in [1.165, 1.54) is 23.0 Å². The van der Waals surface area contributed by atoms with E-state index in [0.717, 1.165) is 5.56 Å². The molecule has 0 saturated carbocycles. The van der Waals surface area contributed by atoms with Gasteiger partial charge in [0.1, 0.15) is 23.7 Å². The Morgan fingerprint density at radius 3 is 2.62 bits per heavy atom. The molecule has 3 aromatic rings. The van der Waals surface area contributed by atoms with Crippen LogP contribution in [-0.2, 0) is 4.79 Å². The number of likely N-dealkylation sites (tertiary alicyclic amines) is 1. The molecule has 0 spiro atoms. The minimum absolute atomic E-state index is 0.134. The highest BCUT2D eigenvalue weighted by Gasteiger charge is 2.34. The third-order valence-electron chi connectivity index (χ3n) is 4.76. The number of fused-ring (bicyclic) bond motifs is 1. The Bertz CT molecular complexity index is 995. The maximum atomic E-state index is 14.3. The van der Waals surface area contributed by atoms with Crippen LogP contribution in [0.3, 0.4) is 0 Å². The van der Waals surface area contributed by atoms with Crippen molar-refractivity contribution >= 4 is 17.3 Å². The minimum atomic E-state index is -0.972. The van der Waals surface area contributed by atoms with Crippen LogP contribution < -0.4 is 0 Å². The van der Waals surface area contributed by atoms with Gasteiger partial charge in [0.2, 0.25) is 0 Å². The molecule has 1 unspecified atom stereocenters. The predicted molar refractivity (Wildman–Crippen MR) is 91.4 cm³/mol. The summed E-state index contributed by atoms with van der Waals surface area (Å²) in [6.07, 6.45) is 1.63. The van der Waals surface area contributed by atoms with E-state index in [9.17, 15) is 18.0 Å². The smallest absolute Gasteiger partial charge is 0.167 e. The molecule has 0 aliphatic carbocycles. The number of pyridine rings is 1. The van der Waals surface area contributed by atoms with Crippen LogP contribution in [0.4, 0.5) is 13.2 Å². The molecule has 0 N–H and O–H groups in total. The zero-order chi connectivity index (χ0) is 18.4. The minimum Gasteiger partial charge on any atom is -0.320 e. The highest BCUT2D eigenvalue weighted by molar-refractivity contribution is 5.83. The van der Waals surface area contributed by atoms with E-state index in [4.69, 9.17) is 0 Å². The van der Waals surface area contributed by atoms with Gasteiger partial charge >= 0.3 is 0 Å². The number of aldehydes is 1. The molecule has 134 valence electrons. The second-order valence-corrected chi connectivity index (χ2v) is 6.54. The second kappa shape index (κ2) is 6.25. The first-order valence-electron chi connectivity index (χ1n) is 8.24. The Kier molecular flexibility index (Phi) is 4.03. The van der Waals surface area contributed by atoms with Crippen molar-refractivity contribution in [3.05, 3.63) is 53.9 Å². The number of nitrogens with zero attached hydrogens (tertiary/aromatic N) is 3. The van der Waals surface area contributed by atoms with E-state index in [1.54, 1.807) is 30.0 Å². The van der Waals surface area contributed by atoms with Crippen molar-refractivity contribution in [3.8, 4) is 11.1 Å². The maximum Gasteiger partial charge on any atom is 0.167 e. The molecule has 0 radical (unpaired) electrons. The lowest BCUT2D eigenvalue weighted by Crippen LogP contribution is -2.51. The standard InChI is InChI=1S/C19H16F3N3O/c1-11-4-12(2-3-15(11)21)13-5-17-19(23-6-13)16(22)9-25(17)18(10-26)24-7-14(20)8-24/h2-6,9-10,14,18H,7-8H2,1H3. The highest BCUT2D eigenvalue weighted by atomic mass is 19.1. The number of halogens is 3. The number of hydrogen-bond donors (Lipinski definition) is 0. The van der Waals surface area contributed by atoms with Crippen LogP contribution >= 0.6 is 0 Å². The van der Waals surface area contributed by atoms with E-state index in [2.05, 4.69) is 4.98 Å². The molecule has 1 aliphatic rings. The number of rotatable bonds is 4. The number of carbonyl (C=O) groups is 1. The molecule has 1 aliphatic heterocycles. The second-order valence-electron chi connectivity index (χ2n) is 6.54. The third-order valence-corrected chi connectivity index (χ3v) is 4.76. The SMILES string of the molecule is Cc1cc(-c2cnc3c(F)cn(C(C=O)N4CC(F)C4)c3c2)ccc1F. The van der Waals surface area contributed by atoms with Crippen LogP contribution in [-0.4, -0.2) is 40.0 Å². The van der Waals surface area contributed by atoms with Crippen LogP contribution in [0.2, 0.25) is 0 Å². The largest absolute Gasteiger partial charge is 0.320 e. The molecule has 7 heteroatoms. The van der Waals surface area contributed by atoms with Gasteiger partial charge in [-0.25, -0.2) is 13.2 Å². The summed E-state index contributed by atoms with van der Waals surface area (Å²) in [5.74, 6) is -0.859. The van der Waals surface area contributed by atoms with E-state index in [-0.39, 0.29) is 24.4 Å². The van der Waals surface area contributed by atoms with Gasteiger partial charge < -0.3 is 4.57 Å². The van der Waals surface area contributed by atoms with E-state index in [0.29, 0.717) is 22.9 Å². The van der Waals surface area contributed by atoms with Gasteiger partial charge in [-0.2, -0.15) is 0 Å². The lowest BCUT2D eigenvalue weighted by molar-refractivity contribution is -0.119. The van der Waals surface area contributed by atoms with Crippen LogP contribution in [0, 0.1) is 18.6 Å². The summed E-state index contributed by atoms with van der Waals surface area (Å²) >= 11 is 0. The average Bonchev–Trinajstić information content (AvgIpc) is 2.93. The average molecular weight is 359 g/mol. The van der Waals surface area contributed by atoms with Gasteiger partial charge in [0.25, 0.3) is 0 Å². The summed E-state index contributed by atoms with van der Waals surface area (Å²) in [6.45, 7) is 1.93. The molecule has 1 saturated heterocycles. The van der Waals surface area contributed by atoms with Crippen LogP contribution in [0.1, 0.15) is 11.7 Å². The number of benzene rings is 1. The van der Waals surface area contributed by atoms with Gasteiger partial charge in [-0.05, 0) is 36.2 Å². The molecular weight excluding hydrogens is 343 g/mol. The first-order valence-corrected chi connectivity index (χ1v) is 8.24. The van der Waals surface area contributed by atoms with E-state index < -0.39 is 18.2 Å². The quantitative estimate of drug-likeness (QED) is 0.668. The van der Waals surface area contributed by atoms with Crippen molar-refractivity contribution in [2.45, 2.75) is 19.3 Å². The number of hydrogen-bond acceptors (Lipinski definition) is 3. The molecule has 1 atom stereocenters. The summed E-state index contributed by atoms with van der Waals surface area (Å²) in [5.41, 5.74) is 2.47. The number of alkyl halides is 1. The van der Waals surface area contributed by atoms with Gasteiger partial charge in [0.05, 0.1) is 5.52 Å². The van der Waals surface area contributed by atoms with Crippen molar-refractivity contribution in [2.75, 3.05) is 13.1 Å². The topological polar surface area (TPSA) is 38.1 Å². The van der Waals surface area contributed by atoms with E-state index in [1.807, 2.05) is 0 Å². The van der Waals surface area contributed by atoms with Gasteiger partial charge in [0, 0.05) is 31.0 Å². The summed E-state index contributed by atoms with van der Waals surface area (Å²) in [7, 11) is 0. The lowest BCUT2D eigenvalue weighted by Gasteiger charge is -2.38. The predicted octanol–water partition coefficient (Wildman–Crippen LogP) is 3.64. The molecule has 3 heterocycles. The number of aromatic nitrogens is 2. The van der Waals surface area contributed by atoms with Crippen LogP contribution in [0.25, 0.3) is 22.2 Å². The van der Waals surface area contributed by atoms with Crippen molar-refractivity contribution in [1.82, 2.24) is 14.5 Å². The zero-order valence-electron chi connectivity index (χ0n) is 14.0. The Morgan fingerprint density at radius 1 is 1.19 bits per heavy atom. The third kappa shape index (κ3) is 2.68. The molecule has 26 heavy (non-hydrogen) atoms. The summed E-state index contributed by atoms with van der Waals surface area (Å²) in [4.78, 5) is 17.4. The Labute approximate surface area is 147 Å². The van der Waals surface area contributed by atoms with Crippen molar-refractivity contribution in [1.29, 1.82) is 0 Å². The normalized spacial score (nSPS) is 16.6. The first kappa shape index (κ1) is 16.8. The fraction of sp³-hybridized carbons (Fsp3) is 0.263. The van der Waals surface area contributed by atoms with E-state index >= 15 is 0 Å². The van der Waals surface area contributed by atoms with Gasteiger partial charge in [0.15, 0.2) is 12.1 Å². The van der Waals surface area contributed by atoms with Crippen LogP contribution in [0.15, 0.2) is 36.7 Å². The molecule has 4 nitrogen and oxygen atoms in total. The lowest BCUT2D eigenvalue weighted by atomic mass is 10.0. The molecule has 0 bridgehead atoms. The monoisotopic (exact) mass is 359 g/mol. The molecule has 2 aromatic heterocycles. The van der Waals surface area contributed by atoms with Gasteiger partial charge in [-0.3, -0.25) is 14.7 Å². The molecule has 1 fully saturated rings. The van der Waals surface area contributed by atoms with Gasteiger partial charge in [-0.15, -0.1) is 0 Å². The summed E-state index contributed by atoms with van der Waals surface area (Å²) in [5, 5.41) is 0. The summed E-state index contributed by atoms with van der Waals surface area (Å²) in [6, 6.07) is 6.38.